The molecule has 0 bridgehead atoms. The third-order valence-electron chi connectivity index (χ3n) is 6.05. The lowest BCUT2D eigenvalue weighted by Gasteiger charge is -2.20. The molecule has 2 aliphatic carbocycles. The van der Waals surface area contributed by atoms with Crippen LogP contribution in [-0.4, -0.2) is 20.6 Å². The van der Waals surface area contributed by atoms with Crippen LogP contribution in [0.4, 0.5) is 11.4 Å². The summed E-state index contributed by atoms with van der Waals surface area (Å²) in [6.45, 7) is 8.11. The van der Waals surface area contributed by atoms with E-state index >= 15 is 0 Å². The summed E-state index contributed by atoms with van der Waals surface area (Å²) in [5.41, 5.74) is 9.26. The Labute approximate surface area is 206 Å². The Kier molecular flexibility index (Phi) is 6.32. The highest BCUT2D eigenvalue weighted by atomic mass is 15.0. The van der Waals surface area contributed by atoms with E-state index in [2.05, 4.69) is 76.4 Å². The third-order valence-corrected chi connectivity index (χ3v) is 6.05. The molecule has 2 aromatic carbocycles. The number of fused-ring (bicyclic) bond motifs is 2. The second-order valence-electron chi connectivity index (χ2n) is 8.80. The van der Waals surface area contributed by atoms with E-state index in [1.807, 2.05) is 45.2 Å². The van der Waals surface area contributed by atoms with Crippen molar-refractivity contribution in [2.24, 2.45) is 4.99 Å². The van der Waals surface area contributed by atoms with Crippen molar-refractivity contribution in [2.45, 2.75) is 46.6 Å². The van der Waals surface area contributed by atoms with Crippen LogP contribution >= 0.6 is 0 Å². The number of aryl methyl sites for hydroxylation is 2. The van der Waals surface area contributed by atoms with Gasteiger partial charge in [0.15, 0.2) is 0 Å². The van der Waals surface area contributed by atoms with Crippen LogP contribution in [0.2, 0.25) is 0 Å². The van der Waals surface area contributed by atoms with Gasteiger partial charge >= 0.3 is 0 Å². The standard InChI is InChI=1S/C28H25N5.C2H6/c1-18-7-13-22(14-8-18)33-27-6-4-3-5-23(27)32-26-15-24(31-21-10-9-19(2)29-17-21)25(16-28(26)33)30-20-11-12-20;1-2/h3-10,13-17,20,31H,11-12H2,1-2H3;1-2H3. The van der Waals surface area contributed by atoms with Gasteiger partial charge in [-0.25, -0.2) is 4.98 Å². The molecule has 0 spiro atoms. The molecule has 3 aromatic rings. The van der Waals surface area contributed by atoms with Gasteiger partial charge in [0, 0.05) is 11.4 Å². The lowest BCUT2D eigenvalue weighted by molar-refractivity contribution is 0.997. The maximum absolute atomic E-state index is 5.04. The summed E-state index contributed by atoms with van der Waals surface area (Å²) in [5.74, 6) is 0. The minimum absolute atomic E-state index is 0.403. The Balaban J connectivity index is 0.00000124. The van der Waals surface area contributed by atoms with E-state index in [-0.39, 0.29) is 0 Å². The van der Waals surface area contributed by atoms with Crippen LogP contribution in [0.3, 0.4) is 0 Å². The van der Waals surface area contributed by atoms with Crippen molar-refractivity contribution in [2.75, 3.05) is 5.32 Å². The summed E-state index contributed by atoms with van der Waals surface area (Å²) in [4.78, 5) is 14.5. The lowest BCUT2D eigenvalue weighted by Crippen LogP contribution is -2.15. The molecule has 2 heterocycles. The highest BCUT2D eigenvalue weighted by Gasteiger charge is 2.21. The first kappa shape index (κ1) is 22.8. The van der Waals surface area contributed by atoms with Gasteiger partial charge in [-0.2, -0.15) is 0 Å². The average Bonchev–Trinajstić information content (AvgIpc) is 3.70. The molecule has 0 saturated heterocycles. The minimum atomic E-state index is 0.403. The molecule has 6 rings (SSSR count). The molecule has 0 unspecified atom stereocenters. The van der Waals surface area contributed by atoms with Crippen LogP contribution in [-0.2, 0) is 0 Å². The molecule has 1 aliphatic heterocycles. The Morgan fingerprint density at radius 1 is 0.914 bits per heavy atom. The van der Waals surface area contributed by atoms with Gasteiger partial charge in [-0.1, -0.05) is 43.7 Å². The number of hydrogen-bond donors (Lipinski definition) is 1. The van der Waals surface area contributed by atoms with Crippen LogP contribution < -0.4 is 10.7 Å². The Morgan fingerprint density at radius 3 is 2.40 bits per heavy atom. The van der Waals surface area contributed by atoms with Gasteiger partial charge in [0.25, 0.3) is 0 Å². The predicted octanol–water partition coefficient (Wildman–Crippen LogP) is 6.98. The van der Waals surface area contributed by atoms with Crippen molar-refractivity contribution in [1.82, 2.24) is 14.5 Å². The minimum Gasteiger partial charge on any atom is -0.352 e. The molecular weight excluding hydrogens is 430 g/mol. The van der Waals surface area contributed by atoms with E-state index in [1.165, 1.54) is 5.56 Å². The van der Waals surface area contributed by atoms with Gasteiger partial charge in [-0.05, 0) is 75.2 Å². The van der Waals surface area contributed by atoms with E-state index in [1.54, 1.807) is 0 Å². The van der Waals surface area contributed by atoms with Gasteiger partial charge in [0.05, 0.1) is 51.4 Å². The van der Waals surface area contributed by atoms with Gasteiger partial charge in [-0.15, -0.1) is 0 Å². The van der Waals surface area contributed by atoms with E-state index in [0.29, 0.717) is 6.04 Å². The number of anilines is 2. The first-order valence-corrected chi connectivity index (χ1v) is 12.4. The zero-order chi connectivity index (χ0) is 24.4. The van der Waals surface area contributed by atoms with Crippen molar-refractivity contribution in [3.8, 4) is 17.1 Å². The highest BCUT2D eigenvalue weighted by molar-refractivity contribution is 5.84. The first-order chi connectivity index (χ1) is 17.1. The molecular formula is C30H31N5. The fraction of sp³-hybridized carbons (Fsp3) is 0.233. The molecule has 5 heteroatoms. The second kappa shape index (κ2) is 9.71. The van der Waals surface area contributed by atoms with Crippen LogP contribution in [0.1, 0.15) is 37.9 Å². The monoisotopic (exact) mass is 461 g/mol. The molecule has 1 saturated carbocycles. The summed E-state index contributed by atoms with van der Waals surface area (Å²) in [5, 5.41) is 4.50. The summed E-state index contributed by atoms with van der Waals surface area (Å²) in [7, 11) is 0. The Morgan fingerprint density at radius 2 is 1.69 bits per heavy atom. The number of rotatable bonds is 4. The topological polar surface area (TPSA) is 55.1 Å². The van der Waals surface area contributed by atoms with Crippen molar-refractivity contribution in [3.63, 3.8) is 0 Å². The quantitative estimate of drug-likeness (QED) is 0.294. The maximum atomic E-state index is 5.04. The van der Waals surface area contributed by atoms with E-state index in [0.717, 1.165) is 63.4 Å². The number of hydrogen-bond acceptors (Lipinski definition) is 4. The Hall–Kier alpha value is -3.99. The largest absolute Gasteiger partial charge is 0.352 e. The van der Waals surface area contributed by atoms with Crippen LogP contribution in [0, 0.1) is 13.8 Å². The summed E-state index contributed by atoms with van der Waals surface area (Å²) < 4.78 is 2.29. The second-order valence-corrected chi connectivity index (χ2v) is 8.80. The number of benzene rings is 3. The molecule has 0 radical (unpaired) electrons. The van der Waals surface area contributed by atoms with Crippen molar-refractivity contribution in [1.29, 1.82) is 0 Å². The number of nitrogens with zero attached hydrogens (tertiary/aromatic N) is 4. The molecule has 3 aliphatic rings. The third kappa shape index (κ3) is 4.80. The van der Waals surface area contributed by atoms with Crippen molar-refractivity contribution in [3.05, 3.63) is 95.6 Å². The SMILES string of the molecule is CC.Cc1ccc(-n2c3cc(=NC4CC4)c(Nc4ccc(C)nc4)cc-3nc3ccccc32)cc1. The van der Waals surface area contributed by atoms with Crippen LogP contribution in [0.15, 0.2) is 84.0 Å². The van der Waals surface area contributed by atoms with Gasteiger partial charge in [0.1, 0.15) is 0 Å². The number of pyridine rings is 1. The maximum Gasteiger partial charge on any atom is 0.0900 e. The Bertz CT molecular complexity index is 1490. The van der Waals surface area contributed by atoms with Crippen LogP contribution in [0.5, 0.6) is 0 Å². The molecule has 176 valence electrons. The molecule has 35 heavy (non-hydrogen) atoms. The normalized spacial score (nSPS) is 13.5. The summed E-state index contributed by atoms with van der Waals surface area (Å²) in [6.07, 6.45) is 4.16. The molecule has 0 amide bonds. The first-order valence-electron chi connectivity index (χ1n) is 12.4. The fourth-order valence-electron chi connectivity index (χ4n) is 4.12. The number of para-hydroxylation sites is 2. The van der Waals surface area contributed by atoms with Crippen molar-refractivity contribution < 1.29 is 0 Å². The van der Waals surface area contributed by atoms with E-state index in [4.69, 9.17) is 9.98 Å². The van der Waals surface area contributed by atoms with E-state index < -0.39 is 0 Å². The van der Waals surface area contributed by atoms with Gasteiger partial charge in [0.2, 0.25) is 0 Å². The summed E-state index contributed by atoms with van der Waals surface area (Å²) >= 11 is 0. The zero-order valence-electron chi connectivity index (χ0n) is 20.8. The average molecular weight is 462 g/mol. The summed E-state index contributed by atoms with van der Waals surface area (Å²) in [6, 6.07) is 25.7. The lowest BCUT2D eigenvalue weighted by atomic mass is 10.1. The highest BCUT2D eigenvalue weighted by Crippen LogP contribution is 2.31. The van der Waals surface area contributed by atoms with E-state index in [9.17, 15) is 0 Å². The van der Waals surface area contributed by atoms with Crippen LogP contribution in [0.25, 0.3) is 28.1 Å². The molecule has 1 N–H and O–H groups in total. The smallest absolute Gasteiger partial charge is 0.0900 e. The predicted molar refractivity (Wildman–Crippen MR) is 145 cm³/mol. The molecule has 0 atom stereocenters. The van der Waals surface area contributed by atoms with Gasteiger partial charge in [-0.3, -0.25) is 9.98 Å². The zero-order valence-corrected chi connectivity index (χ0v) is 20.8. The van der Waals surface area contributed by atoms with Gasteiger partial charge < -0.3 is 9.88 Å². The number of nitrogens with one attached hydrogen (secondary N) is 1. The van der Waals surface area contributed by atoms with Crippen molar-refractivity contribution >= 4 is 22.4 Å². The number of aromatic nitrogens is 3. The fourth-order valence-corrected chi connectivity index (χ4v) is 4.12. The molecule has 1 fully saturated rings. The molecule has 5 nitrogen and oxygen atoms in total. The molecule has 1 aromatic heterocycles.